The Morgan fingerprint density at radius 1 is 1.10 bits per heavy atom. The Morgan fingerprint density at radius 3 is 2.71 bits per heavy atom. The number of pyridine rings is 1. The highest BCUT2D eigenvalue weighted by Crippen LogP contribution is 2.45. The molecule has 3 aromatic rings. The van der Waals surface area contributed by atoms with Gasteiger partial charge in [-0.2, -0.15) is 5.10 Å². The van der Waals surface area contributed by atoms with Gasteiger partial charge in [0.05, 0.1) is 17.4 Å². The number of aryl methyl sites for hydroxylation is 2. The monoisotopic (exact) mass is 553 g/mol. The van der Waals surface area contributed by atoms with E-state index in [9.17, 15) is 4.79 Å². The summed E-state index contributed by atoms with van der Waals surface area (Å²) in [5.74, 6) is 1.18. The smallest absolute Gasteiger partial charge is 0.245 e. The third kappa shape index (κ3) is 4.38. The van der Waals surface area contributed by atoms with Crippen LogP contribution in [-0.2, 0) is 24.8 Å². The molecular formula is C33H43N7O. The van der Waals surface area contributed by atoms with Crippen molar-refractivity contribution in [2.75, 3.05) is 57.8 Å². The lowest BCUT2D eigenvalue weighted by atomic mass is 9.79. The molecule has 41 heavy (non-hydrogen) atoms. The quantitative estimate of drug-likeness (QED) is 0.457. The standard InChI is InChI=1S/C33H43N7O/c1-6-28(41)40-20-33(21-40)12-15-39(19-33)32-23(3)30(29-22(2)9-10-24-16-34-37(5)31(24)29)26-11-14-38(18-27(26)35-32)25-8-7-13-36(4)17-25/h6,9-10,16,25H,1,7-8,11-15,17-21H2,2-5H3. The molecule has 1 spiro atoms. The van der Waals surface area contributed by atoms with Crippen LogP contribution >= 0.6 is 0 Å². The molecule has 8 heteroatoms. The Hall–Kier alpha value is -3.23. The van der Waals surface area contributed by atoms with Gasteiger partial charge in [0.1, 0.15) is 5.82 Å². The van der Waals surface area contributed by atoms with Gasteiger partial charge in [-0.3, -0.25) is 14.4 Å². The SMILES string of the molecule is C=CC(=O)N1CC2(CCN(c3nc4c(c(-c5c(C)ccc6cnn(C)c56)c3C)CCN(C3CCCN(C)C3)C4)C2)C1. The minimum atomic E-state index is 0.0487. The fourth-order valence-electron chi connectivity index (χ4n) is 8.19. The number of carbonyl (C=O) groups excluding carboxylic acids is 1. The van der Waals surface area contributed by atoms with Crippen LogP contribution in [0.3, 0.4) is 0 Å². The van der Waals surface area contributed by atoms with Crippen molar-refractivity contribution in [3.05, 3.63) is 53.4 Å². The number of likely N-dealkylation sites (tertiary alicyclic amines) is 2. The van der Waals surface area contributed by atoms with Crippen LogP contribution in [0.4, 0.5) is 5.82 Å². The summed E-state index contributed by atoms with van der Waals surface area (Å²) in [4.78, 5) is 27.3. The number of anilines is 1. The van der Waals surface area contributed by atoms with E-state index in [-0.39, 0.29) is 11.3 Å². The maximum atomic E-state index is 12.2. The summed E-state index contributed by atoms with van der Waals surface area (Å²) in [7, 11) is 4.32. The summed E-state index contributed by atoms with van der Waals surface area (Å²) in [6.07, 6.45) is 8.09. The van der Waals surface area contributed by atoms with Gasteiger partial charge in [-0.1, -0.05) is 18.7 Å². The molecule has 6 heterocycles. The van der Waals surface area contributed by atoms with Crippen molar-refractivity contribution >= 4 is 22.6 Å². The van der Waals surface area contributed by atoms with Crippen LogP contribution < -0.4 is 4.90 Å². The second-order valence-corrected chi connectivity index (χ2v) is 13.2. The summed E-state index contributed by atoms with van der Waals surface area (Å²) >= 11 is 0. The van der Waals surface area contributed by atoms with Gasteiger partial charge in [-0.05, 0) is 81.5 Å². The molecule has 1 unspecified atom stereocenters. The Kier molecular flexibility index (Phi) is 6.47. The van der Waals surface area contributed by atoms with Crippen molar-refractivity contribution in [3.63, 3.8) is 0 Å². The van der Waals surface area contributed by atoms with E-state index in [1.807, 2.05) is 15.8 Å². The van der Waals surface area contributed by atoms with E-state index < -0.39 is 0 Å². The molecule has 3 fully saturated rings. The number of rotatable bonds is 4. The average Bonchev–Trinajstić information content (AvgIpc) is 3.56. The molecule has 4 aliphatic rings. The highest BCUT2D eigenvalue weighted by molar-refractivity contribution is 5.98. The fourth-order valence-corrected chi connectivity index (χ4v) is 8.19. The molecule has 1 aromatic carbocycles. The van der Waals surface area contributed by atoms with E-state index in [1.54, 1.807) is 0 Å². The highest BCUT2D eigenvalue weighted by Gasteiger charge is 2.49. The zero-order valence-electron chi connectivity index (χ0n) is 25.1. The number of carbonyl (C=O) groups is 1. The lowest BCUT2D eigenvalue weighted by molar-refractivity contribution is -0.136. The number of aromatic nitrogens is 3. The highest BCUT2D eigenvalue weighted by atomic mass is 16.2. The van der Waals surface area contributed by atoms with Crippen LogP contribution in [0.2, 0.25) is 0 Å². The fraction of sp³-hybridized carbons (Fsp3) is 0.545. The third-order valence-electron chi connectivity index (χ3n) is 10.4. The molecule has 1 atom stereocenters. The Bertz CT molecular complexity index is 1530. The Labute approximate surface area is 243 Å². The van der Waals surface area contributed by atoms with Gasteiger partial charge in [0.15, 0.2) is 0 Å². The first kappa shape index (κ1) is 26.7. The predicted molar refractivity (Wildman–Crippen MR) is 164 cm³/mol. The van der Waals surface area contributed by atoms with Crippen molar-refractivity contribution in [2.45, 2.75) is 52.1 Å². The van der Waals surface area contributed by atoms with Gasteiger partial charge in [0, 0.05) is 75.3 Å². The van der Waals surface area contributed by atoms with Gasteiger partial charge in [0.25, 0.3) is 0 Å². The number of hydrogen-bond acceptors (Lipinski definition) is 6. The number of piperidine rings is 1. The average molecular weight is 554 g/mol. The van der Waals surface area contributed by atoms with Crippen LogP contribution in [0.5, 0.6) is 0 Å². The van der Waals surface area contributed by atoms with Crippen molar-refractivity contribution < 1.29 is 4.79 Å². The largest absolute Gasteiger partial charge is 0.356 e. The number of hydrogen-bond donors (Lipinski definition) is 0. The van der Waals surface area contributed by atoms with Crippen molar-refractivity contribution in [1.82, 2.24) is 29.5 Å². The van der Waals surface area contributed by atoms with E-state index in [1.165, 1.54) is 69.9 Å². The van der Waals surface area contributed by atoms with Crippen LogP contribution in [0.1, 0.15) is 41.6 Å². The second kappa shape index (κ2) is 9.95. The molecule has 0 aliphatic carbocycles. The van der Waals surface area contributed by atoms with Crippen LogP contribution in [0.15, 0.2) is 31.0 Å². The number of likely N-dealkylation sites (N-methyl/N-ethyl adjacent to an activating group) is 1. The lowest BCUT2D eigenvalue weighted by Gasteiger charge is -2.47. The molecule has 0 N–H and O–H groups in total. The topological polar surface area (TPSA) is 60.7 Å². The minimum Gasteiger partial charge on any atom is -0.356 e. The summed E-state index contributed by atoms with van der Waals surface area (Å²) in [5, 5.41) is 5.83. The zero-order valence-corrected chi connectivity index (χ0v) is 25.1. The molecule has 7 rings (SSSR count). The third-order valence-corrected chi connectivity index (χ3v) is 10.4. The molecule has 3 saturated heterocycles. The van der Waals surface area contributed by atoms with Crippen molar-refractivity contribution in [1.29, 1.82) is 0 Å². The molecular weight excluding hydrogens is 510 g/mol. The summed E-state index contributed by atoms with van der Waals surface area (Å²) in [6, 6.07) is 5.05. The van der Waals surface area contributed by atoms with Gasteiger partial charge in [0.2, 0.25) is 5.91 Å². The number of amides is 1. The maximum absolute atomic E-state index is 12.2. The number of nitrogens with zero attached hydrogens (tertiary/aromatic N) is 7. The molecule has 0 saturated carbocycles. The molecule has 1 amide bonds. The molecule has 4 aliphatic heterocycles. The summed E-state index contributed by atoms with van der Waals surface area (Å²) < 4.78 is 2.04. The van der Waals surface area contributed by atoms with Gasteiger partial charge >= 0.3 is 0 Å². The van der Waals surface area contributed by atoms with E-state index in [4.69, 9.17) is 4.98 Å². The van der Waals surface area contributed by atoms with Gasteiger partial charge in [-0.25, -0.2) is 4.98 Å². The Balaban J connectivity index is 1.31. The van der Waals surface area contributed by atoms with E-state index >= 15 is 0 Å². The molecule has 8 nitrogen and oxygen atoms in total. The molecule has 0 radical (unpaired) electrons. The van der Waals surface area contributed by atoms with Crippen molar-refractivity contribution in [2.24, 2.45) is 12.5 Å². The second-order valence-electron chi connectivity index (χ2n) is 13.2. The first-order chi connectivity index (χ1) is 19.8. The Morgan fingerprint density at radius 2 is 1.93 bits per heavy atom. The molecule has 0 bridgehead atoms. The lowest BCUT2D eigenvalue weighted by Crippen LogP contribution is -2.59. The number of benzene rings is 1. The first-order valence-electron chi connectivity index (χ1n) is 15.3. The number of fused-ring (bicyclic) bond motifs is 2. The van der Waals surface area contributed by atoms with E-state index in [0.29, 0.717) is 6.04 Å². The summed E-state index contributed by atoms with van der Waals surface area (Å²) in [6.45, 7) is 16.1. The van der Waals surface area contributed by atoms with E-state index in [2.05, 4.69) is 66.5 Å². The first-order valence-corrected chi connectivity index (χ1v) is 15.3. The van der Waals surface area contributed by atoms with Crippen LogP contribution in [0.25, 0.3) is 22.0 Å². The maximum Gasteiger partial charge on any atom is 0.245 e. The van der Waals surface area contributed by atoms with Gasteiger partial charge < -0.3 is 14.7 Å². The van der Waals surface area contributed by atoms with E-state index in [0.717, 1.165) is 64.5 Å². The molecule has 216 valence electrons. The van der Waals surface area contributed by atoms with Gasteiger partial charge in [-0.15, -0.1) is 0 Å². The zero-order chi connectivity index (χ0) is 28.5. The normalized spacial score (nSPS) is 22.8. The molecule has 2 aromatic heterocycles. The van der Waals surface area contributed by atoms with Crippen LogP contribution in [-0.4, -0.2) is 94.3 Å². The minimum absolute atomic E-state index is 0.0487. The predicted octanol–water partition coefficient (Wildman–Crippen LogP) is 3.93. The van der Waals surface area contributed by atoms with Crippen molar-refractivity contribution in [3.8, 4) is 11.1 Å². The van der Waals surface area contributed by atoms with Crippen LogP contribution in [0, 0.1) is 19.3 Å². The summed E-state index contributed by atoms with van der Waals surface area (Å²) in [5.41, 5.74) is 9.29.